The van der Waals surface area contributed by atoms with E-state index < -0.39 is 17.5 Å². The zero-order valence-corrected chi connectivity index (χ0v) is 11.8. The van der Waals surface area contributed by atoms with E-state index in [4.69, 9.17) is 5.73 Å². The third kappa shape index (κ3) is 3.10. The molecule has 6 heteroatoms. The average molecular weight is 292 g/mol. The summed E-state index contributed by atoms with van der Waals surface area (Å²) < 4.78 is 37.8. The van der Waals surface area contributed by atoms with Crippen LogP contribution in [0.4, 0.5) is 13.2 Å². The van der Waals surface area contributed by atoms with Gasteiger partial charge in [0.25, 0.3) is 0 Å². The normalized spacial score (nSPS) is 38.8. The smallest absolute Gasteiger partial charge is 0.353 e. The zero-order valence-electron chi connectivity index (χ0n) is 11.8. The van der Waals surface area contributed by atoms with Crippen molar-refractivity contribution in [2.75, 3.05) is 0 Å². The third-order valence-electron chi connectivity index (χ3n) is 5.07. The number of amides is 1. The second-order valence-electron chi connectivity index (χ2n) is 6.48. The van der Waals surface area contributed by atoms with Gasteiger partial charge in [0.2, 0.25) is 5.91 Å². The molecule has 2 fully saturated rings. The van der Waals surface area contributed by atoms with Crippen molar-refractivity contribution in [2.45, 2.75) is 70.1 Å². The summed E-state index contributed by atoms with van der Waals surface area (Å²) in [5.74, 6) is -1.29. The van der Waals surface area contributed by atoms with E-state index in [9.17, 15) is 18.0 Å². The van der Waals surface area contributed by atoms with Gasteiger partial charge < -0.3 is 11.1 Å². The average Bonchev–Trinajstić information content (AvgIpc) is 2.70. The van der Waals surface area contributed by atoms with Crippen molar-refractivity contribution in [1.82, 2.24) is 5.32 Å². The van der Waals surface area contributed by atoms with Crippen LogP contribution in [0.15, 0.2) is 0 Å². The van der Waals surface area contributed by atoms with Gasteiger partial charge >= 0.3 is 6.18 Å². The molecule has 116 valence electrons. The van der Waals surface area contributed by atoms with E-state index in [1.54, 1.807) is 0 Å². The van der Waals surface area contributed by atoms with E-state index in [0.29, 0.717) is 12.8 Å². The summed E-state index contributed by atoms with van der Waals surface area (Å²) in [4.78, 5) is 12.3. The van der Waals surface area contributed by atoms with E-state index in [1.165, 1.54) is 0 Å². The molecule has 2 atom stereocenters. The van der Waals surface area contributed by atoms with Crippen LogP contribution in [-0.4, -0.2) is 24.2 Å². The molecule has 3 N–H and O–H groups in total. The maximum atomic E-state index is 12.6. The van der Waals surface area contributed by atoms with Gasteiger partial charge in [-0.2, -0.15) is 13.2 Å². The van der Waals surface area contributed by atoms with Gasteiger partial charge in [0, 0.05) is 12.1 Å². The number of halogens is 3. The minimum atomic E-state index is -4.10. The number of carbonyl (C=O) groups excluding carboxylic acids is 1. The van der Waals surface area contributed by atoms with Crippen molar-refractivity contribution in [3.63, 3.8) is 0 Å². The Balaban J connectivity index is 1.85. The first-order valence-electron chi connectivity index (χ1n) is 7.37. The van der Waals surface area contributed by atoms with Crippen molar-refractivity contribution in [3.05, 3.63) is 0 Å². The van der Waals surface area contributed by atoms with Gasteiger partial charge in [0.05, 0.1) is 11.3 Å². The maximum absolute atomic E-state index is 12.6. The Morgan fingerprint density at radius 2 is 1.80 bits per heavy atom. The number of alkyl halides is 3. The maximum Gasteiger partial charge on any atom is 0.391 e. The Hall–Kier alpha value is -0.780. The summed E-state index contributed by atoms with van der Waals surface area (Å²) >= 11 is 0. The molecule has 0 aromatic heterocycles. The van der Waals surface area contributed by atoms with Crippen LogP contribution in [0, 0.1) is 11.3 Å². The Morgan fingerprint density at radius 1 is 1.20 bits per heavy atom. The second-order valence-corrected chi connectivity index (χ2v) is 6.48. The minimum absolute atomic E-state index is 0.0852. The molecular formula is C14H23F3N2O. The lowest BCUT2D eigenvalue weighted by molar-refractivity contribution is -0.182. The summed E-state index contributed by atoms with van der Waals surface area (Å²) in [5.41, 5.74) is 5.43. The fourth-order valence-corrected chi connectivity index (χ4v) is 3.39. The molecule has 2 aliphatic carbocycles. The minimum Gasteiger partial charge on any atom is -0.353 e. The van der Waals surface area contributed by atoms with Crippen molar-refractivity contribution in [2.24, 2.45) is 17.1 Å². The van der Waals surface area contributed by atoms with Crippen LogP contribution in [0.1, 0.15) is 51.9 Å². The standard InChI is InChI=1S/C14H23F3N2O/c1-13(8-2-3-11(13)18)12(20)19-10-6-4-9(5-7-10)14(15,16)17/h9-11H,2-8,18H2,1H3,(H,19,20). The SMILES string of the molecule is CC1(C(=O)NC2CCC(C(F)(F)F)CC2)CCCC1N. The van der Waals surface area contributed by atoms with E-state index in [-0.39, 0.29) is 30.8 Å². The number of hydrogen-bond donors (Lipinski definition) is 2. The molecule has 0 heterocycles. The molecule has 0 spiro atoms. The van der Waals surface area contributed by atoms with Crippen LogP contribution in [0.2, 0.25) is 0 Å². The zero-order chi connectivity index (χ0) is 15.0. The number of nitrogens with two attached hydrogens (primary N) is 1. The molecule has 0 bridgehead atoms. The third-order valence-corrected chi connectivity index (χ3v) is 5.07. The van der Waals surface area contributed by atoms with E-state index in [1.807, 2.05) is 6.92 Å². The molecule has 2 aliphatic rings. The van der Waals surface area contributed by atoms with Gasteiger partial charge in [-0.05, 0) is 45.4 Å². The number of nitrogens with one attached hydrogen (secondary N) is 1. The van der Waals surface area contributed by atoms with Gasteiger partial charge in [0.1, 0.15) is 0 Å². The number of carbonyl (C=O) groups is 1. The molecule has 0 saturated heterocycles. The van der Waals surface area contributed by atoms with Crippen molar-refractivity contribution >= 4 is 5.91 Å². The summed E-state index contributed by atoms with van der Waals surface area (Å²) in [6, 6.07) is -0.278. The molecule has 1 amide bonds. The number of rotatable bonds is 2. The molecule has 0 aromatic rings. The molecule has 2 unspecified atom stereocenters. The van der Waals surface area contributed by atoms with E-state index in [0.717, 1.165) is 19.3 Å². The van der Waals surface area contributed by atoms with Crippen LogP contribution in [-0.2, 0) is 4.79 Å². The predicted molar refractivity (Wildman–Crippen MR) is 69.9 cm³/mol. The summed E-state index contributed by atoms with van der Waals surface area (Å²) in [6.07, 6.45) is -0.541. The monoisotopic (exact) mass is 292 g/mol. The fraction of sp³-hybridized carbons (Fsp3) is 0.929. The van der Waals surface area contributed by atoms with Gasteiger partial charge in [0.15, 0.2) is 0 Å². The van der Waals surface area contributed by atoms with Gasteiger partial charge in [-0.25, -0.2) is 0 Å². The van der Waals surface area contributed by atoms with Gasteiger partial charge in [-0.3, -0.25) is 4.79 Å². The van der Waals surface area contributed by atoms with E-state index >= 15 is 0 Å². The van der Waals surface area contributed by atoms with Crippen LogP contribution in [0.3, 0.4) is 0 Å². The first-order chi connectivity index (χ1) is 9.23. The van der Waals surface area contributed by atoms with Crippen molar-refractivity contribution < 1.29 is 18.0 Å². The van der Waals surface area contributed by atoms with Crippen molar-refractivity contribution in [1.29, 1.82) is 0 Å². The Bertz CT molecular complexity index is 364. The van der Waals surface area contributed by atoms with E-state index in [2.05, 4.69) is 5.32 Å². The summed E-state index contributed by atoms with van der Waals surface area (Å²) in [6.45, 7) is 1.86. The molecule has 2 rings (SSSR count). The lowest BCUT2D eigenvalue weighted by atomic mass is 9.82. The second kappa shape index (κ2) is 5.54. The highest BCUT2D eigenvalue weighted by Gasteiger charge is 2.45. The molecule has 0 radical (unpaired) electrons. The van der Waals surface area contributed by atoms with Gasteiger partial charge in [-0.1, -0.05) is 6.42 Å². The Labute approximate surface area is 117 Å². The predicted octanol–water partition coefficient (Wildman–Crippen LogP) is 2.74. The Kier molecular flexibility index (Phi) is 4.33. The lowest BCUT2D eigenvalue weighted by Crippen LogP contribution is -2.51. The van der Waals surface area contributed by atoms with Crippen molar-refractivity contribution in [3.8, 4) is 0 Å². The molecule has 0 aliphatic heterocycles. The molecule has 2 saturated carbocycles. The molecule has 0 aromatic carbocycles. The topological polar surface area (TPSA) is 55.1 Å². The highest BCUT2D eigenvalue weighted by atomic mass is 19.4. The highest BCUT2D eigenvalue weighted by Crippen LogP contribution is 2.39. The van der Waals surface area contributed by atoms with Crippen LogP contribution >= 0.6 is 0 Å². The quantitative estimate of drug-likeness (QED) is 0.822. The number of hydrogen-bond acceptors (Lipinski definition) is 2. The van der Waals surface area contributed by atoms with Crippen LogP contribution < -0.4 is 11.1 Å². The first kappa shape index (κ1) is 15.6. The lowest BCUT2D eigenvalue weighted by Gasteiger charge is -2.34. The summed E-state index contributed by atoms with van der Waals surface area (Å²) in [7, 11) is 0. The highest BCUT2D eigenvalue weighted by molar-refractivity contribution is 5.83. The van der Waals surface area contributed by atoms with Crippen LogP contribution in [0.5, 0.6) is 0 Å². The summed E-state index contributed by atoms with van der Waals surface area (Å²) in [5, 5.41) is 2.92. The van der Waals surface area contributed by atoms with Gasteiger partial charge in [-0.15, -0.1) is 0 Å². The molecule has 20 heavy (non-hydrogen) atoms. The molecular weight excluding hydrogens is 269 g/mol. The van der Waals surface area contributed by atoms with Crippen LogP contribution in [0.25, 0.3) is 0 Å². The molecule has 3 nitrogen and oxygen atoms in total. The Morgan fingerprint density at radius 3 is 2.25 bits per heavy atom. The largest absolute Gasteiger partial charge is 0.391 e. The first-order valence-corrected chi connectivity index (χ1v) is 7.37. The fourth-order valence-electron chi connectivity index (χ4n) is 3.39.